The smallest absolute Gasteiger partial charge is 0.149 e. The molecule has 0 unspecified atom stereocenters. The van der Waals surface area contributed by atoms with Crippen molar-refractivity contribution >= 4 is 16.7 Å². The number of nitrogens with zero attached hydrogens (tertiary/aromatic N) is 2. The van der Waals surface area contributed by atoms with Crippen LogP contribution >= 0.6 is 0 Å². The molecule has 0 aliphatic carbocycles. The lowest BCUT2D eigenvalue weighted by molar-refractivity contribution is 0.141. The zero-order valence-electron chi connectivity index (χ0n) is 11.0. The van der Waals surface area contributed by atoms with Gasteiger partial charge in [-0.3, -0.25) is 0 Å². The molecule has 0 bridgehead atoms. The van der Waals surface area contributed by atoms with E-state index in [4.69, 9.17) is 4.74 Å². The number of hydrogen-bond donors (Lipinski definition) is 1. The van der Waals surface area contributed by atoms with Gasteiger partial charge < -0.3 is 10.1 Å². The van der Waals surface area contributed by atoms with Gasteiger partial charge in [0.15, 0.2) is 0 Å². The minimum absolute atomic E-state index is 0.331. The van der Waals surface area contributed by atoms with Crippen LogP contribution in [-0.2, 0) is 4.74 Å². The third kappa shape index (κ3) is 3.61. The molecule has 1 N–H and O–H groups in total. The van der Waals surface area contributed by atoms with Gasteiger partial charge in [-0.2, -0.15) is 0 Å². The van der Waals surface area contributed by atoms with Gasteiger partial charge in [-0.05, 0) is 18.6 Å². The van der Waals surface area contributed by atoms with E-state index in [1.54, 1.807) is 12.1 Å². The maximum absolute atomic E-state index is 13.6. The van der Waals surface area contributed by atoms with Gasteiger partial charge in [0, 0.05) is 18.5 Å². The molecule has 102 valence electrons. The summed E-state index contributed by atoms with van der Waals surface area (Å²) in [5, 5.41) is 3.84. The Morgan fingerprint density at radius 3 is 3.00 bits per heavy atom. The molecule has 0 aliphatic rings. The third-order valence-electron chi connectivity index (χ3n) is 2.80. The van der Waals surface area contributed by atoms with Crippen molar-refractivity contribution in [1.82, 2.24) is 9.97 Å². The minimum atomic E-state index is -0.331. The van der Waals surface area contributed by atoms with Crippen molar-refractivity contribution < 1.29 is 9.13 Å². The first kappa shape index (κ1) is 13.7. The van der Waals surface area contributed by atoms with Gasteiger partial charge in [-0.25, -0.2) is 14.4 Å². The van der Waals surface area contributed by atoms with Crippen LogP contribution in [0.5, 0.6) is 0 Å². The number of aromatic nitrogens is 2. The van der Waals surface area contributed by atoms with Crippen LogP contribution in [0.3, 0.4) is 0 Å². The summed E-state index contributed by atoms with van der Waals surface area (Å²) in [4.78, 5) is 8.09. The second kappa shape index (κ2) is 6.99. The monoisotopic (exact) mass is 263 g/mol. The molecule has 0 spiro atoms. The Balaban J connectivity index is 1.95. The van der Waals surface area contributed by atoms with E-state index in [0.29, 0.717) is 29.9 Å². The number of halogens is 1. The molecule has 2 aromatic rings. The number of unbranched alkanes of at least 4 members (excludes halogenated alkanes) is 1. The minimum Gasteiger partial charge on any atom is -0.380 e. The maximum atomic E-state index is 13.6. The summed E-state index contributed by atoms with van der Waals surface area (Å²) in [5.41, 5.74) is 0.340. The Morgan fingerprint density at radius 2 is 2.16 bits per heavy atom. The van der Waals surface area contributed by atoms with Crippen LogP contribution in [0.15, 0.2) is 24.5 Å². The fourth-order valence-electron chi connectivity index (χ4n) is 1.78. The van der Waals surface area contributed by atoms with Crippen LogP contribution in [0.2, 0.25) is 0 Å². The highest BCUT2D eigenvalue weighted by Gasteiger charge is 2.06. The Kier molecular flexibility index (Phi) is 5.03. The first-order valence-electron chi connectivity index (χ1n) is 6.53. The SMILES string of the molecule is CCCCOCCNc1ncnc2c(F)cccc12. The average molecular weight is 263 g/mol. The fraction of sp³-hybridized carbons (Fsp3) is 0.429. The summed E-state index contributed by atoms with van der Waals surface area (Å²) in [5.74, 6) is 0.311. The summed E-state index contributed by atoms with van der Waals surface area (Å²) in [6, 6.07) is 4.86. The molecule has 19 heavy (non-hydrogen) atoms. The summed E-state index contributed by atoms with van der Waals surface area (Å²) >= 11 is 0. The predicted molar refractivity (Wildman–Crippen MR) is 73.7 cm³/mol. The molecule has 1 heterocycles. The van der Waals surface area contributed by atoms with Crippen molar-refractivity contribution in [3.63, 3.8) is 0 Å². The second-order valence-corrected chi connectivity index (χ2v) is 4.25. The molecule has 0 radical (unpaired) electrons. The second-order valence-electron chi connectivity index (χ2n) is 4.25. The van der Waals surface area contributed by atoms with Gasteiger partial charge >= 0.3 is 0 Å². The van der Waals surface area contributed by atoms with E-state index in [1.165, 1.54) is 12.4 Å². The van der Waals surface area contributed by atoms with Gasteiger partial charge in [-0.15, -0.1) is 0 Å². The van der Waals surface area contributed by atoms with Gasteiger partial charge in [0.25, 0.3) is 0 Å². The molecule has 2 rings (SSSR count). The number of nitrogens with one attached hydrogen (secondary N) is 1. The molecule has 5 heteroatoms. The van der Waals surface area contributed by atoms with Crippen molar-refractivity contribution in [3.05, 3.63) is 30.3 Å². The topological polar surface area (TPSA) is 47.0 Å². The van der Waals surface area contributed by atoms with Crippen LogP contribution < -0.4 is 5.32 Å². The number of rotatable bonds is 7. The van der Waals surface area contributed by atoms with Crippen molar-refractivity contribution in [3.8, 4) is 0 Å². The Bertz CT molecular complexity index is 533. The summed E-state index contributed by atoms with van der Waals surface area (Å²) < 4.78 is 19.0. The first-order valence-corrected chi connectivity index (χ1v) is 6.53. The van der Waals surface area contributed by atoms with E-state index < -0.39 is 0 Å². The number of hydrogen-bond acceptors (Lipinski definition) is 4. The van der Waals surface area contributed by atoms with E-state index in [2.05, 4.69) is 22.2 Å². The molecule has 1 aromatic heterocycles. The normalized spacial score (nSPS) is 10.8. The van der Waals surface area contributed by atoms with E-state index in [-0.39, 0.29) is 5.82 Å². The van der Waals surface area contributed by atoms with Crippen molar-refractivity contribution in [2.45, 2.75) is 19.8 Å². The van der Waals surface area contributed by atoms with Gasteiger partial charge in [-0.1, -0.05) is 19.4 Å². The van der Waals surface area contributed by atoms with E-state index >= 15 is 0 Å². The van der Waals surface area contributed by atoms with E-state index in [0.717, 1.165) is 19.4 Å². The Morgan fingerprint density at radius 1 is 1.26 bits per heavy atom. The molecule has 0 saturated carbocycles. The lowest BCUT2D eigenvalue weighted by Crippen LogP contribution is -2.11. The van der Waals surface area contributed by atoms with Crippen molar-refractivity contribution in [2.75, 3.05) is 25.1 Å². The number of ether oxygens (including phenoxy) is 1. The molecule has 1 aromatic carbocycles. The molecule has 0 fully saturated rings. The van der Waals surface area contributed by atoms with Gasteiger partial charge in [0.2, 0.25) is 0 Å². The van der Waals surface area contributed by atoms with Crippen LogP contribution in [-0.4, -0.2) is 29.7 Å². The fourth-order valence-corrected chi connectivity index (χ4v) is 1.78. The number of para-hydroxylation sites is 1. The Hall–Kier alpha value is -1.75. The molecule has 0 atom stereocenters. The first-order chi connectivity index (χ1) is 9.33. The quantitative estimate of drug-likeness (QED) is 0.780. The van der Waals surface area contributed by atoms with Crippen molar-refractivity contribution in [2.24, 2.45) is 0 Å². The summed E-state index contributed by atoms with van der Waals surface area (Å²) in [6.45, 7) is 4.16. The van der Waals surface area contributed by atoms with Crippen LogP contribution in [0.4, 0.5) is 10.2 Å². The lowest BCUT2D eigenvalue weighted by atomic mass is 10.2. The number of anilines is 1. The van der Waals surface area contributed by atoms with Crippen LogP contribution in [0, 0.1) is 5.82 Å². The van der Waals surface area contributed by atoms with Crippen molar-refractivity contribution in [1.29, 1.82) is 0 Å². The maximum Gasteiger partial charge on any atom is 0.149 e. The highest BCUT2D eigenvalue weighted by molar-refractivity contribution is 5.89. The molecule has 0 amide bonds. The summed E-state index contributed by atoms with van der Waals surface area (Å²) in [7, 11) is 0. The third-order valence-corrected chi connectivity index (χ3v) is 2.80. The van der Waals surface area contributed by atoms with Crippen LogP contribution in [0.25, 0.3) is 10.9 Å². The molecular weight excluding hydrogens is 245 g/mol. The number of benzene rings is 1. The predicted octanol–water partition coefficient (Wildman–Crippen LogP) is 3.00. The van der Waals surface area contributed by atoms with Gasteiger partial charge in [0.05, 0.1) is 6.61 Å². The zero-order chi connectivity index (χ0) is 13.5. The highest BCUT2D eigenvalue weighted by atomic mass is 19.1. The molecular formula is C14H18FN3O. The lowest BCUT2D eigenvalue weighted by Gasteiger charge is -2.08. The highest BCUT2D eigenvalue weighted by Crippen LogP contribution is 2.20. The Labute approximate surface area is 112 Å². The molecule has 0 saturated heterocycles. The largest absolute Gasteiger partial charge is 0.380 e. The molecule has 4 nitrogen and oxygen atoms in total. The van der Waals surface area contributed by atoms with E-state index in [1.807, 2.05) is 0 Å². The van der Waals surface area contributed by atoms with Crippen LogP contribution in [0.1, 0.15) is 19.8 Å². The zero-order valence-corrected chi connectivity index (χ0v) is 11.0. The number of fused-ring (bicyclic) bond motifs is 1. The van der Waals surface area contributed by atoms with E-state index in [9.17, 15) is 4.39 Å². The van der Waals surface area contributed by atoms with Gasteiger partial charge in [0.1, 0.15) is 23.5 Å². The summed E-state index contributed by atoms with van der Waals surface area (Å²) in [6.07, 6.45) is 3.57. The average Bonchev–Trinajstić information content (AvgIpc) is 2.43. The standard InChI is InChI=1S/C14H18FN3O/c1-2-3-8-19-9-7-16-14-11-5-4-6-12(15)13(11)17-10-18-14/h4-6,10H,2-3,7-9H2,1H3,(H,16,17,18). The molecule has 0 aliphatic heterocycles.